The first-order valence-corrected chi connectivity index (χ1v) is 6.46. The summed E-state index contributed by atoms with van der Waals surface area (Å²) in [6.45, 7) is 10.4. The molecule has 0 amide bonds. The molecule has 0 fully saturated rings. The summed E-state index contributed by atoms with van der Waals surface area (Å²) in [4.78, 5) is 6.75. The summed E-state index contributed by atoms with van der Waals surface area (Å²) in [5.41, 5.74) is 7.14. The average Bonchev–Trinajstić information content (AvgIpc) is 2.66. The van der Waals surface area contributed by atoms with Crippen molar-refractivity contribution >= 4 is 5.95 Å². The molecule has 0 saturated heterocycles. The van der Waals surface area contributed by atoms with Crippen LogP contribution >= 0.6 is 0 Å². The van der Waals surface area contributed by atoms with Gasteiger partial charge in [0.2, 0.25) is 5.95 Å². The molecule has 0 bridgehead atoms. The molecule has 1 aromatic heterocycles. The second-order valence-corrected chi connectivity index (χ2v) is 5.09. The first kappa shape index (κ1) is 14.0. The predicted octanol–water partition coefficient (Wildman–Crippen LogP) is 2.02. The Hall–Kier alpha value is -1.03. The molecule has 0 aliphatic rings. The van der Waals surface area contributed by atoms with Gasteiger partial charge >= 0.3 is 0 Å². The molecule has 4 heteroatoms. The van der Waals surface area contributed by atoms with Crippen molar-refractivity contribution < 1.29 is 0 Å². The summed E-state index contributed by atoms with van der Waals surface area (Å²) >= 11 is 0. The molecule has 0 saturated carbocycles. The quantitative estimate of drug-likeness (QED) is 0.825. The Morgan fingerprint density at radius 3 is 2.65 bits per heavy atom. The Balaban J connectivity index is 2.60. The van der Waals surface area contributed by atoms with Crippen molar-refractivity contribution in [2.24, 2.45) is 11.7 Å². The maximum atomic E-state index is 6.06. The zero-order chi connectivity index (χ0) is 13.0. The van der Waals surface area contributed by atoms with Crippen molar-refractivity contribution in [1.29, 1.82) is 0 Å². The zero-order valence-corrected chi connectivity index (χ0v) is 11.8. The molecule has 0 spiro atoms. The highest BCUT2D eigenvalue weighted by Gasteiger charge is 2.12. The van der Waals surface area contributed by atoms with Crippen LogP contribution in [-0.4, -0.2) is 29.2 Å². The van der Waals surface area contributed by atoms with E-state index in [1.807, 2.05) is 6.92 Å². The third kappa shape index (κ3) is 3.73. The molecule has 98 valence electrons. The molecular weight excluding hydrogens is 212 g/mol. The summed E-state index contributed by atoms with van der Waals surface area (Å²) in [5.74, 6) is 1.58. The Bertz CT molecular complexity index is 343. The van der Waals surface area contributed by atoms with Gasteiger partial charge in [-0.05, 0) is 26.2 Å². The van der Waals surface area contributed by atoms with Gasteiger partial charge in [0, 0.05) is 32.4 Å². The van der Waals surface area contributed by atoms with Gasteiger partial charge in [0.05, 0.1) is 5.69 Å². The fourth-order valence-corrected chi connectivity index (χ4v) is 1.85. The fourth-order valence-electron chi connectivity index (χ4n) is 1.85. The Kier molecular flexibility index (Phi) is 5.00. The fraction of sp³-hybridized carbons (Fsp3) is 0.769. The number of nitrogens with two attached hydrogens (primary N) is 1. The SMILES string of the molecule is CCn1cc(C)nc1N(C)CCC(N)C(C)C. The lowest BCUT2D eigenvalue weighted by atomic mass is 10.0. The van der Waals surface area contributed by atoms with Crippen LogP contribution in [0.5, 0.6) is 0 Å². The van der Waals surface area contributed by atoms with Crippen molar-refractivity contribution in [2.75, 3.05) is 18.5 Å². The van der Waals surface area contributed by atoms with Gasteiger partial charge < -0.3 is 15.2 Å². The number of hydrogen-bond donors (Lipinski definition) is 1. The summed E-state index contributed by atoms with van der Waals surface area (Å²) in [6, 6.07) is 0.267. The lowest BCUT2D eigenvalue weighted by Gasteiger charge is -2.22. The van der Waals surface area contributed by atoms with E-state index in [0.29, 0.717) is 5.92 Å². The van der Waals surface area contributed by atoms with E-state index in [-0.39, 0.29) is 6.04 Å². The highest BCUT2D eigenvalue weighted by atomic mass is 15.3. The second-order valence-electron chi connectivity index (χ2n) is 5.09. The highest BCUT2D eigenvalue weighted by Crippen LogP contribution is 2.14. The topological polar surface area (TPSA) is 47.1 Å². The van der Waals surface area contributed by atoms with Crippen LogP contribution in [0, 0.1) is 12.8 Å². The van der Waals surface area contributed by atoms with Gasteiger partial charge in [-0.25, -0.2) is 4.98 Å². The Morgan fingerprint density at radius 2 is 2.12 bits per heavy atom. The minimum absolute atomic E-state index is 0.267. The maximum absolute atomic E-state index is 6.06. The molecule has 1 atom stereocenters. The van der Waals surface area contributed by atoms with Crippen LogP contribution in [0.1, 0.15) is 32.9 Å². The third-order valence-electron chi connectivity index (χ3n) is 3.21. The van der Waals surface area contributed by atoms with Crippen molar-refractivity contribution in [3.63, 3.8) is 0 Å². The summed E-state index contributed by atoms with van der Waals surface area (Å²) in [6.07, 6.45) is 3.10. The number of hydrogen-bond acceptors (Lipinski definition) is 3. The molecule has 0 radical (unpaired) electrons. The molecular formula is C13H26N4. The molecule has 1 unspecified atom stereocenters. The summed E-state index contributed by atoms with van der Waals surface area (Å²) in [7, 11) is 2.08. The van der Waals surface area contributed by atoms with Crippen LogP contribution in [-0.2, 0) is 6.54 Å². The number of rotatable bonds is 6. The molecule has 1 heterocycles. The van der Waals surface area contributed by atoms with E-state index in [4.69, 9.17) is 5.73 Å². The Morgan fingerprint density at radius 1 is 1.47 bits per heavy atom. The van der Waals surface area contributed by atoms with E-state index < -0.39 is 0 Å². The average molecular weight is 238 g/mol. The van der Waals surface area contributed by atoms with Gasteiger partial charge in [0.25, 0.3) is 0 Å². The van der Waals surface area contributed by atoms with Crippen molar-refractivity contribution in [3.8, 4) is 0 Å². The van der Waals surface area contributed by atoms with Crippen LogP contribution in [0.4, 0.5) is 5.95 Å². The van der Waals surface area contributed by atoms with E-state index in [2.05, 4.69) is 48.5 Å². The maximum Gasteiger partial charge on any atom is 0.205 e. The van der Waals surface area contributed by atoms with Crippen LogP contribution < -0.4 is 10.6 Å². The lowest BCUT2D eigenvalue weighted by Crippen LogP contribution is -2.32. The van der Waals surface area contributed by atoms with E-state index >= 15 is 0 Å². The number of nitrogens with zero attached hydrogens (tertiary/aromatic N) is 3. The van der Waals surface area contributed by atoms with Crippen LogP contribution in [0.25, 0.3) is 0 Å². The lowest BCUT2D eigenvalue weighted by molar-refractivity contribution is 0.464. The molecule has 0 aromatic carbocycles. The minimum atomic E-state index is 0.267. The van der Waals surface area contributed by atoms with Crippen LogP contribution in [0.3, 0.4) is 0 Å². The molecule has 2 N–H and O–H groups in total. The van der Waals surface area contributed by atoms with E-state index in [0.717, 1.165) is 31.2 Å². The summed E-state index contributed by atoms with van der Waals surface area (Å²) in [5, 5.41) is 0. The van der Waals surface area contributed by atoms with E-state index in [9.17, 15) is 0 Å². The Labute approximate surface area is 105 Å². The van der Waals surface area contributed by atoms with Crippen molar-refractivity contribution in [3.05, 3.63) is 11.9 Å². The van der Waals surface area contributed by atoms with Crippen molar-refractivity contribution in [1.82, 2.24) is 9.55 Å². The van der Waals surface area contributed by atoms with Gasteiger partial charge in [-0.15, -0.1) is 0 Å². The first-order chi connectivity index (χ1) is 7.95. The molecule has 1 aromatic rings. The molecule has 4 nitrogen and oxygen atoms in total. The van der Waals surface area contributed by atoms with E-state index in [1.54, 1.807) is 0 Å². The highest BCUT2D eigenvalue weighted by molar-refractivity contribution is 5.31. The summed E-state index contributed by atoms with van der Waals surface area (Å²) < 4.78 is 2.18. The van der Waals surface area contributed by atoms with Gasteiger partial charge in [-0.1, -0.05) is 13.8 Å². The smallest absolute Gasteiger partial charge is 0.205 e. The number of aromatic nitrogens is 2. The molecule has 1 rings (SSSR count). The van der Waals surface area contributed by atoms with Gasteiger partial charge in [0.1, 0.15) is 0 Å². The minimum Gasteiger partial charge on any atom is -0.345 e. The molecule has 17 heavy (non-hydrogen) atoms. The standard InChI is InChI=1S/C13H26N4/c1-6-17-9-11(4)15-13(17)16(5)8-7-12(14)10(2)3/h9-10,12H,6-8,14H2,1-5H3. The van der Waals surface area contributed by atoms with Gasteiger partial charge in [-0.2, -0.15) is 0 Å². The van der Waals surface area contributed by atoms with Crippen LogP contribution in [0.2, 0.25) is 0 Å². The third-order valence-corrected chi connectivity index (χ3v) is 3.21. The number of anilines is 1. The normalized spacial score (nSPS) is 13.1. The van der Waals surface area contributed by atoms with E-state index in [1.165, 1.54) is 0 Å². The van der Waals surface area contributed by atoms with Gasteiger partial charge in [0.15, 0.2) is 0 Å². The predicted molar refractivity (Wildman–Crippen MR) is 73.3 cm³/mol. The number of aryl methyl sites for hydroxylation is 2. The molecule has 0 aliphatic heterocycles. The van der Waals surface area contributed by atoms with Crippen LogP contribution in [0.15, 0.2) is 6.20 Å². The van der Waals surface area contributed by atoms with Crippen molar-refractivity contribution in [2.45, 2.75) is 46.7 Å². The second kappa shape index (κ2) is 6.05. The largest absolute Gasteiger partial charge is 0.345 e. The first-order valence-electron chi connectivity index (χ1n) is 6.46. The zero-order valence-electron chi connectivity index (χ0n) is 11.8. The van der Waals surface area contributed by atoms with Gasteiger partial charge in [-0.3, -0.25) is 0 Å². The monoisotopic (exact) mass is 238 g/mol. The number of imidazole rings is 1. The molecule has 0 aliphatic carbocycles.